The number of esters is 3. The van der Waals surface area contributed by atoms with E-state index in [2.05, 4.69) is 20.4 Å². The second kappa shape index (κ2) is 13.9. The molecule has 1 saturated heterocycles. The zero-order valence-corrected chi connectivity index (χ0v) is 18.7. The highest BCUT2D eigenvalue weighted by atomic mass is 32.2. The Hall–Kier alpha value is -1.15. The molecule has 8 heteroatoms. The maximum absolute atomic E-state index is 12.1. The zero-order chi connectivity index (χ0) is 20.9. The van der Waals surface area contributed by atoms with Crippen LogP contribution in [0.15, 0.2) is 12.2 Å². The maximum Gasteiger partial charge on any atom is 0.333 e. The van der Waals surface area contributed by atoms with E-state index in [1.165, 1.54) is 13.3 Å². The van der Waals surface area contributed by atoms with Crippen molar-refractivity contribution in [1.29, 1.82) is 0 Å². The molecule has 3 atom stereocenters. The second-order valence-electron chi connectivity index (χ2n) is 6.73. The molecule has 3 unspecified atom stereocenters. The molecule has 0 aromatic rings. The van der Waals surface area contributed by atoms with Gasteiger partial charge in [-0.3, -0.25) is 9.59 Å². The molecule has 160 valence electrons. The van der Waals surface area contributed by atoms with E-state index in [9.17, 15) is 14.4 Å². The lowest BCUT2D eigenvalue weighted by molar-refractivity contribution is -0.154. The van der Waals surface area contributed by atoms with Gasteiger partial charge in [0.25, 0.3) is 0 Å². The van der Waals surface area contributed by atoms with Gasteiger partial charge in [-0.25, -0.2) is 4.79 Å². The molecule has 1 aliphatic heterocycles. The van der Waals surface area contributed by atoms with Gasteiger partial charge in [-0.15, -0.1) is 0 Å². The van der Waals surface area contributed by atoms with Gasteiger partial charge in [-0.1, -0.05) is 26.8 Å². The van der Waals surface area contributed by atoms with Gasteiger partial charge >= 0.3 is 17.9 Å². The topological polar surface area (TPSA) is 78.9 Å². The van der Waals surface area contributed by atoms with Gasteiger partial charge in [0, 0.05) is 22.3 Å². The molecular formula is C20H32O6S2. The molecular weight excluding hydrogens is 400 g/mol. The average Bonchev–Trinajstić information content (AvgIpc) is 2.65. The summed E-state index contributed by atoms with van der Waals surface area (Å²) in [5.74, 6) is 1.99. The molecule has 0 aliphatic carbocycles. The molecule has 1 fully saturated rings. The van der Waals surface area contributed by atoms with E-state index in [1.807, 2.05) is 23.5 Å². The van der Waals surface area contributed by atoms with Gasteiger partial charge < -0.3 is 14.2 Å². The Kier molecular flexibility index (Phi) is 12.4. The molecule has 0 N–H and O–H groups in total. The quantitative estimate of drug-likeness (QED) is 0.224. The molecule has 6 nitrogen and oxygen atoms in total. The number of rotatable bonds is 10. The highest BCUT2D eigenvalue weighted by Gasteiger charge is 2.26. The molecule has 0 spiro atoms. The minimum atomic E-state index is -0.523. The molecule has 1 rings (SSSR count). The Morgan fingerprint density at radius 2 is 1.64 bits per heavy atom. The van der Waals surface area contributed by atoms with Crippen LogP contribution in [-0.2, 0) is 28.6 Å². The first-order valence-electron chi connectivity index (χ1n) is 9.74. The lowest BCUT2D eigenvalue weighted by atomic mass is 10.0. The van der Waals surface area contributed by atoms with Crippen LogP contribution in [0.3, 0.4) is 0 Å². The SMILES string of the molecule is C=C(C)C(=O)OCCOC(=O)CCC(=O)OC1CSCC(CC)C(CC)SC1. The van der Waals surface area contributed by atoms with Crippen molar-refractivity contribution in [3.8, 4) is 0 Å². The van der Waals surface area contributed by atoms with Crippen molar-refractivity contribution in [2.24, 2.45) is 5.92 Å². The summed E-state index contributed by atoms with van der Waals surface area (Å²) in [5.41, 5.74) is 0.287. The fraction of sp³-hybridized carbons (Fsp3) is 0.750. The monoisotopic (exact) mass is 432 g/mol. The molecule has 0 bridgehead atoms. The van der Waals surface area contributed by atoms with E-state index in [0.29, 0.717) is 11.2 Å². The van der Waals surface area contributed by atoms with Crippen molar-refractivity contribution >= 4 is 41.4 Å². The van der Waals surface area contributed by atoms with Gasteiger partial charge in [0.15, 0.2) is 0 Å². The first kappa shape index (κ1) is 24.9. The van der Waals surface area contributed by atoms with E-state index >= 15 is 0 Å². The smallest absolute Gasteiger partial charge is 0.333 e. The standard InChI is InChI=1S/C20H32O6S2/c1-5-15-11-27-12-16(13-28-17(15)6-2)26-19(22)8-7-18(21)24-9-10-25-20(23)14(3)4/h15-17H,3,5-13H2,1-2,4H3. The van der Waals surface area contributed by atoms with Crippen LogP contribution in [0.2, 0.25) is 0 Å². The summed E-state index contributed by atoms with van der Waals surface area (Å²) in [7, 11) is 0. The Balaban J connectivity index is 2.24. The molecule has 28 heavy (non-hydrogen) atoms. The predicted molar refractivity (Wildman–Crippen MR) is 113 cm³/mol. The summed E-state index contributed by atoms with van der Waals surface area (Å²) < 4.78 is 15.3. The van der Waals surface area contributed by atoms with Crippen molar-refractivity contribution in [2.45, 2.75) is 57.8 Å². The van der Waals surface area contributed by atoms with E-state index in [4.69, 9.17) is 14.2 Å². The number of carbonyl (C=O) groups is 3. The Bertz CT molecular complexity index is 537. The highest BCUT2D eigenvalue weighted by Crippen LogP contribution is 2.32. The van der Waals surface area contributed by atoms with Crippen molar-refractivity contribution in [2.75, 3.05) is 30.5 Å². The molecule has 0 saturated carbocycles. The van der Waals surface area contributed by atoms with Crippen LogP contribution in [0.1, 0.15) is 46.5 Å². The lowest BCUT2D eigenvalue weighted by Gasteiger charge is -2.30. The molecule has 0 aromatic heterocycles. The Morgan fingerprint density at radius 1 is 0.964 bits per heavy atom. The average molecular weight is 433 g/mol. The first-order chi connectivity index (χ1) is 13.4. The molecule has 1 aliphatic rings. The number of hydrogen-bond acceptors (Lipinski definition) is 8. The summed E-state index contributed by atoms with van der Waals surface area (Å²) >= 11 is 3.74. The number of carbonyl (C=O) groups excluding carboxylic acids is 3. The van der Waals surface area contributed by atoms with Gasteiger partial charge in [0.05, 0.1) is 12.8 Å². The van der Waals surface area contributed by atoms with Gasteiger partial charge in [0.2, 0.25) is 0 Å². The van der Waals surface area contributed by atoms with Crippen LogP contribution in [-0.4, -0.2) is 59.7 Å². The molecule has 0 amide bonds. The predicted octanol–water partition coefficient (Wildman–Crippen LogP) is 3.63. The normalized spacial score (nSPS) is 22.5. The van der Waals surface area contributed by atoms with Gasteiger partial charge in [-0.05, 0) is 25.0 Å². The Morgan fingerprint density at radius 3 is 2.29 bits per heavy atom. The molecule has 0 aromatic carbocycles. The van der Waals surface area contributed by atoms with Gasteiger partial charge in [0.1, 0.15) is 19.3 Å². The number of hydrogen-bond donors (Lipinski definition) is 0. The van der Waals surface area contributed by atoms with Crippen LogP contribution in [0, 0.1) is 5.92 Å². The largest absolute Gasteiger partial charge is 0.462 e. The number of ether oxygens (including phenoxy) is 3. The Labute approximate surface area is 176 Å². The first-order valence-corrected chi connectivity index (χ1v) is 11.9. The van der Waals surface area contributed by atoms with Crippen LogP contribution >= 0.6 is 23.5 Å². The van der Waals surface area contributed by atoms with Crippen molar-refractivity contribution in [1.82, 2.24) is 0 Å². The van der Waals surface area contributed by atoms with Crippen LogP contribution in [0.5, 0.6) is 0 Å². The molecule has 0 radical (unpaired) electrons. The van der Waals surface area contributed by atoms with E-state index in [1.54, 1.807) is 0 Å². The number of thioether (sulfide) groups is 2. The van der Waals surface area contributed by atoms with Crippen molar-refractivity contribution in [3.63, 3.8) is 0 Å². The minimum Gasteiger partial charge on any atom is -0.462 e. The zero-order valence-electron chi connectivity index (χ0n) is 17.1. The molecule has 1 heterocycles. The minimum absolute atomic E-state index is 0.00892. The third kappa shape index (κ3) is 9.87. The van der Waals surface area contributed by atoms with Crippen molar-refractivity contribution < 1.29 is 28.6 Å². The third-order valence-corrected chi connectivity index (χ3v) is 7.33. The summed E-state index contributed by atoms with van der Waals surface area (Å²) in [6.45, 7) is 9.36. The maximum atomic E-state index is 12.1. The summed E-state index contributed by atoms with van der Waals surface area (Å²) in [5, 5.41) is 0.605. The highest BCUT2D eigenvalue weighted by molar-refractivity contribution is 8.01. The van der Waals surface area contributed by atoms with Crippen LogP contribution < -0.4 is 0 Å². The van der Waals surface area contributed by atoms with Gasteiger partial charge in [-0.2, -0.15) is 23.5 Å². The second-order valence-corrected chi connectivity index (χ2v) is 9.08. The van der Waals surface area contributed by atoms with Crippen LogP contribution in [0.4, 0.5) is 0 Å². The van der Waals surface area contributed by atoms with E-state index < -0.39 is 11.9 Å². The third-order valence-electron chi connectivity index (χ3n) is 4.34. The summed E-state index contributed by atoms with van der Waals surface area (Å²) in [4.78, 5) is 34.9. The van der Waals surface area contributed by atoms with Crippen LogP contribution in [0.25, 0.3) is 0 Å². The fourth-order valence-electron chi connectivity index (χ4n) is 2.71. The van der Waals surface area contributed by atoms with E-state index in [0.717, 1.165) is 23.7 Å². The lowest BCUT2D eigenvalue weighted by Crippen LogP contribution is -2.30. The van der Waals surface area contributed by atoms with E-state index in [-0.39, 0.29) is 43.7 Å². The summed E-state index contributed by atoms with van der Waals surface area (Å²) in [6.07, 6.45) is 2.13. The fourth-order valence-corrected chi connectivity index (χ4v) is 5.78. The van der Waals surface area contributed by atoms with Crippen molar-refractivity contribution in [3.05, 3.63) is 12.2 Å². The summed E-state index contributed by atoms with van der Waals surface area (Å²) in [6, 6.07) is 0.